The molecule has 0 amide bonds. The molecular weight excluding hydrogens is 837 g/mol. The molecule has 12 aromatic carbocycles. The van der Waals surface area contributed by atoms with Crippen LogP contribution in [-0.2, 0) is 0 Å². The van der Waals surface area contributed by atoms with E-state index in [-0.39, 0.29) is 0 Å². The number of benzene rings is 12. The van der Waals surface area contributed by atoms with E-state index < -0.39 is 0 Å². The highest BCUT2D eigenvalue weighted by atomic mass is 15.0. The summed E-state index contributed by atoms with van der Waals surface area (Å²) in [5.41, 5.74) is 10.7. The molecule has 2 aromatic heterocycles. The fourth-order valence-corrected chi connectivity index (χ4v) is 10.6. The average molecular weight is 877 g/mol. The Balaban J connectivity index is 1.12. The number of nitrogens with zero attached hydrogens (tertiary/aromatic N) is 4. The van der Waals surface area contributed by atoms with Gasteiger partial charge in [0.25, 0.3) is 0 Å². The number of hydrogen-bond donors (Lipinski definition) is 0. The SMILES string of the molecule is c1ccc(-c2cccc(-c3cc(-c4nc(-c5ccc6ccccc6c5)nc(-c5ccc6ccccc6c5)n4)c4ccccc4c3-n3c4cc5ccccc5cc4c4ccc5ccccc5c43)c2)cc1. The molecule has 14 aromatic rings. The van der Waals surface area contributed by atoms with Crippen LogP contribution in [0.5, 0.6) is 0 Å². The maximum Gasteiger partial charge on any atom is 0.164 e. The Morgan fingerprint density at radius 1 is 0.246 bits per heavy atom. The summed E-state index contributed by atoms with van der Waals surface area (Å²) in [6.45, 7) is 0. The van der Waals surface area contributed by atoms with E-state index >= 15 is 0 Å². The minimum Gasteiger partial charge on any atom is -0.307 e. The van der Waals surface area contributed by atoms with Gasteiger partial charge in [-0.15, -0.1) is 0 Å². The van der Waals surface area contributed by atoms with Crippen LogP contribution in [0, 0.1) is 0 Å². The lowest BCUT2D eigenvalue weighted by atomic mass is 9.91. The van der Waals surface area contributed by atoms with E-state index in [1.165, 1.54) is 48.6 Å². The quantitative estimate of drug-likeness (QED) is 0.167. The molecule has 0 aliphatic heterocycles. The van der Waals surface area contributed by atoms with Crippen molar-refractivity contribution in [2.45, 2.75) is 0 Å². The predicted octanol–water partition coefficient (Wildman–Crippen LogP) is 17.1. The van der Waals surface area contributed by atoms with Gasteiger partial charge in [0.15, 0.2) is 17.5 Å². The minimum atomic E-state index is 0.609. The molecule has 0 fully saturated rings. The maximum absolute atomic E-state index is 5.46. The Morgan fingerprint density at radius 3 is 1.43 bits per heavy atom. The molecule has 0 saturated heterocycles. The first-order valence-electron chi connectivity index (χ1n) is 23.5. The molecule has 0 saturated carbocycles. The first kappa shape index (κ1) is 39.0. The largest absolute Gasteiger partial charge is 0.307 e. The molecule has 0 radical (unpaired) electrons. The molecule has 14 rings (SSSR count). The standard InChI is InChI=1S/C65H40N4/c1-2-15-41(16-3-1)47-24-14-25-50(35-47)57-40-59(65-67-63(51-31-29-42-17-4-6-20-45(42)36-51)66-64(68-65)52-32-30-43-18-5-7-21-46(43)37-52)54-27-12-13-28-55(54)62(57)69-60-39-49-23-9-8-22-48(49)38-58(60)56-34-33-44-19-10-11-26-53(44)61(56)69/h1-40H. The Labute approximate surface area is 398 Å². The van der Waals surface area contributed by atoms with Gasteiger partial charge >= 0.3 is 0 Å². The van der Waals surface area contributed by atoms with Crippen molar-refractivity contribution in [3.8, 4) is 62.1 Å². The number of fused-ring (bicyclic) bond motifs is 9. The molecule has 0 unspecified atom stereocenters. The Hall–Kier alpha value is -9.25. The topological polar surface area (TPSA) is 43.6 Å². The second-order valence-electron chi connectivity index (χ2n) is 18.0. The van der Waals surface area contributed by atoms with E-state index in [1.54, 1.807) is 0 Å². The van der Waals surface area contributed by atoms with Crippen molar-refractivity contribution in [2.24, 2.45) is 0 Å². The zero-order valence-corrected chi connectivity index (χ0v) is 37.4. The molecule has 0 N–H and O–H groups in total. The van der Waals surface area contributed by atoms with E-state index in [4.69, 9.17) is 15.0 Å². The molecular formula is C65H40N4. The van der Waals surface area contributed by atoms with Crippen LogP contribution in [0.1, 0.15) is 0 Å². The van der Waals surface area contributed by atoms with Gasteiger partial charge in [-0.3, -0.25) is 0 Å². The number of hydrogen-bond acceptors (Lipinski definition) is 3. The van der Waals surface area contributed by atoms with Crippen LogP contribution in [0.15, 0.2) is 243 Å². The van der Waals surface area contributed by atoms with Gasteiger partial charge in [-0.05, 0) is 96.2 Å². The summed E-state index contributed by atoms with van der Waals surface area (Å²) in [7, 11) is 0. The molecule has 0 aliphatic rings. The fourth-order valence-electron chi connectivity index (χ4n) is 10.6. The normalized spacial score (nSPS) is 11.8. The summed E-state index contributed by atoms with van der Waals surface area (Å²) < 4.78 is 2.55. The highest BCUT2D eigenvalue weighted by molar-refractivity contribution is 6.22. The summed E-state index contributed by atoms with van der Waals surface area (Å²) in [6.07, 6.45) is 0. The Bertz CT molecular complexity index is 4280. The molecule has 4 heteroatoms. The molecule has 0 atom stereocenters. The molecule has 0 spiro atoms. The number of rotatable bonds is 6. The summed E-state index contributed by atoms with van der Waals surface area (Å²) in [4.78, 5) is 16.2. The zero-order chi connectivity index (χ0) is 45.4. The third-order valence-electron chi connectivity index (χ3n) is 13.9. The molecule has 69 heavy (non-hydrogen) atoms. The summed E-state index contributed by atoms with van der Waals surface area (Å²) >= 11 is 0. The van der Waals surface area contributed by atoms with Crippen LogP contribution in [0.4, 0.5) is 0 Å². The van der Waals surface area contributed by atoms with Gasteiger partial charge in [0, 0.05) is 43.8 Å². The average Bonchev–Trinajstić information content (AvgIpc) is 3.74. The van der Waals surface area contributed by atoms with Gasteiger partial charge in [0.2, 0.25) is 0 Å². The van der Waals surface area contributed by atoms with Gasteiger partial charge in [0.05, 0.1) is 16.7 Å². The van der Waals surface area contributed by atoms with Crippen LogP contribution < -0.4 is 0 Å². The number of aromatic nitrogens is 4. The van der Waals surface area contributed by atoms with E-state index in [9.17, 15) is 0 Å². The maximum atomic E-state index is 5.46. The van der Waals surface area contributed by atoms with Crippen LogP contribution in [0.2, 0.25) is 0 Å². The highest BCUT2D eigenvalue weighted by Gasteiger charge is 2.24. The Morgan fingerprint density at radius 2 is 0.754 bits per heavy atom. The van der Waals surface area contributed by atoms with Gasteiger partial charge in [-0.1, -0.05) is 206 Å². The van der Waals surface area contributed by atoms with Crippen molar-refractivity contribution in [1.29, 1.82) is 0 Å². The van der Waals surface area contributed by atoms with Crippen LogP contribution in [-0.4, -0.2) is 19.5 Å². The molecule has 2 heterocycles. The van der Waals surface area contributed by atoms with Crippen molar-refractivity contribution >= 4 is 75.7 Å². The van der Waals surface area contributed by atoms with Crippen molar-refractivity contribution in [3.05, 3.63) is 243 Å². The molecule has 0 bridgehead atoms. The Kier molecular flexibility index (Phi) is 8.86. The van der Waals surface area contributed by atoms with Crippen molar-refractivity contribution in [2.75, 3.05) is 0 Å². The lowest BCUT2D eigenvalue weighted by Gasteiger charge is -2.21. The lowest BCUT2D eigenvalue weighted by Crippen LogP contribution is -2.04. The lowest BCUT2D eigenvalue weighted by molar-refractivity contribution is 1.08. The minimum absolute atomic E-state index is 0.609. The van der Waals surface area contributed by atoms with Crippen LogP contribution in [0.3, 0.4) is 0 Å². The first-order valence-corrected chi connectivity index (χ1v) is 23.5. The second kappa shape index (κ2) is 15.7. The monoisotopic (exact) mass is 876 g/mol. The van der Waals surface area contributed by atoms with Crippen molar-refractivity contribution in [1.82, 2.24) is 19.5 Å². The summed E-state index contributed by atoms with van der Waals surface area (Å²) in [5.74, 6) is 1.85. The van der Waals surface area contributed by atoms with Crippen molar-refractivity contribution < 1.29 is 0 Å². The van der Waals surface area contributed by atoms with E-state index in [0.29, 0.717) is 17.5 Å². The summed E-state index contributed by atoms with van der Waals surface area (Å²) in [6, 6.07) is 87.4. The van der Waals surface area contributed by atoms with Crippen molar-refractivity contribution in [3.63, 3.8) is 0 Å². The van der Waals surface area contributed by atoms with Crippen LogP contribution >= 0.6 is 0 Å². The fraction of sp³-hybridized carbons (Fsp3) is 0. The second-order valence-corrected chi connectivity index (χ2v) is 18.0. The smallest absolute Gasteiger partial charge is 0.164 e. The van der Waals surface area contributed by atoms with Gasteiger partial charge in [-0.2, -0.15) is 0 Å². The van der Waals surface area contributed by atoms with Gasteiger partial charge < -0.3 is 4.57 Å². The third kappa shape index (κ3) is 6.49. The highest BCUT2D eigenvalue weighted by Crippen LogP contribution is 2.46. The van der Waals surface area contributed by atoms with Crippen LogP contribution in [0.25, 0.3) is 138 Å². The van der Waals surface area contributed by atoms with E-state index in [1.807, 2.05) is 0 Å². The molecule has 320 valence electrons. The van der Waals surface area contributed by atoms with E-state index in [0.717, 1.165) is 71.7 Å². The first-order chi connectivity index (χ1) is 34.2. The predicted molar refractivity (Wildman–Crippen MR) is 289 cm³/mol. The van der Waals surface area contributed by atoms with Gasteiger partial charge in [-0.25, -0.2) is 15.0 Å². The third-order valence-corrected chi connectivity index (χ3v) is 13.9. The van der Waals surface area contributed by atoms with Gasteiger partial charge in [0.1, 0.15) is 0 Å². The molecule has 4 nitrogen and oxygen atoms in total. The van der Waals surface area contributed by atoms with E-state index in [2.05, 4.69) is 247 Å². The zero-order valence-electron chi connectivity index (χ0n) is 37.4. The molecule has 0 aliphatic carbocycles. The summed E-state index contributed by atoms with van der Waals surface area (Å²) in [5, 5.41) is 14.0.